The van der Waals surface area contributed by atoms with Gasteiger partial charge in [-0.25, -0.2) is 28.1 Å². The molecule has 1 saturated heterocycles. The van der Waals surface area contributed by atoms with E-state index in [0.717, 1.165) is 16.4 Å². The number of aryl methyl sites for hydroxylation is 1. The summed E-state index contributed by atoms with van der Waals surface area (Å²) in [4.78, 5) is 27.7. The first-order valence-corrected chi connectivity index (χ1v) is 12.4. The summed E-state index contributed by atoms with van der Waals surface area (Å²) in [7, 11) is -4.35. The van der Waals surface area contributed by atoms with E-state index in [1.165, 1.54) is 31.6 Å². The molecule has 1 aliphatic heterocycles. The van der Waals surface area contributed by atoms with Gasteiger partial charge >= 0.3 is 10.2 Å². The van der Waals surface area contributed by atoms with Crippen LogP contribution < -0.4 is 4.72 Å². The van der Waals surface area contributed by atoms with Gasteiger partial charge in [-0.15, -0.1) is 0 Å². The molecule has 9 nitrogen and oxygen atoms in total. The van der Waals surface area contributed by atoms with Gasteiger partial charge in [0, 0.05) is 48.2 Å². The number of alkyl halides is 1. The Morgan fingerprint density at radius 1 is 1.19 bits per heavy atom. The number of carbonyl (C=O) groups excluding carboxylic acids is 1. The van der Waals surface area contributed by atoms with Crippen molar-refractivity contribution in [3.05, 3.63) is 71.3 Å². The van der Waals surface area contributed by atoms with Gasteiger partial charge in [-0.05, 0) is 31.5 Å². The van der Waals surface area contributed by atoms with Crippen molar-refractivity contribution in [1.29, 1.82) is 0 Å². The number of aromatic nitrogens is 4. The molecular formula is C23H18F4N6O3S. The van der Waals surface area contributed by atoms with Crippen LogP contribution in [0, 0.1) is 24.5 Å². The average molecular weight is 534 g/mol. The molecule has 0 bridgehead atoms. The van der Waals surface area contributed by atoms with E-state index >= 15 is 4.39 Å². The Bertz CT molecular complexity index is 1660. The molecule has 4 aromatic rings. The summed E-state index contributed by atoms with van der Waals surface area (Å²) in [5, 5.41) is 0.137. The summed E-state index contributed by atoms with van der Waals surface area (Å²) in [6.07, 6.45) is 2.39. The zero-order valence-electron chi connectivity index (χ0n) is 19.1. The van der Waals surface area contributed by atoms with Crippen LogP contribution >= 0.6 is 0 Å². The number of hydrogen-bond acceptors (Lipinski definition) is 6. The van der Waals surface area contributed by atoms with Crippen LogP contribution in [0.1, 0.15) is 28.2 Å². The lowest BCUT2D eigenvalue weighted by atomic mass is 10.0. The van der Waals surface area contributed by atoms with Gasteiger partial charge in [0.15, 0.2) is 5.82 Å². The van der Waals surface area contributed by atoms with Crippen molar-refractivity contribution >= 4 is 32.7 Å². The fraction of sp³-hybridized carbons (Fsp3) is 0.217. The smallest absolute Gasteiger partial charge is 0.301 e. The number of nitrogens with zero attached hydrogens (tertiary/aromatic N) is 4. The largest absolute Gasteiger partial charge is 0.345 e. The molecule has 0 spiro atoms. The first kappa shape index (κ1) is 24.8. The number of carbonyl (C=O) groups is 1. The van der Waals surface area contributed by atoms with Gasteiger partial charge in [0.05, 0.1) is 16.8 Å². The van der Waals surface area contributed by atoms with Gasteiger partial charge in [-0.1, -0.05) is 0 Å². The Morgan fingerprint density at radius 2 is 1.97 bits per heavy atom. The summed E-state index contributed by atoms with van der Waals surface area (Å²) >= 11 is 0. The maximum absolute atomic E-state index is 15.3. The summed E-state index contributed by atoms with van der Waals surface area (Å²) in [5.41, 5.74) is -1.46. The van der Waals surface area contributed by atoms with E-state index in [2.05, 4.69) is 19.9 Å². The second-order valence-electron chi connectivity index (χ2n) is 8.41. The standard InChI is InChI=1S/C23H18F4N6O3S/c1-11-28-8-15(22(27)31-11)12-6-14-16(9-30-23(14)29-7-12)21(34)19-17(25)2-3-18(20(19)26)32-37(35,36)33-5-4-13(24)10-33/h2-3,6-9,13,32H,4-5,10H2,1H3,(H,29,30)/t13-/m1/s1. The maximum Gasteiger partial charge on any atom is 0.301 e. The molecule has 1 aromatic carbocycles. The highest BCUT2D eigenvalue weighted by molar-refractivity contribution is 7.90. The Hall–Kier alpha value is -3.91. The Morgan fingerprint density at radius 3 is 2.68 bits per heavy atom. The minimum Gasteiger partial charge on any atom is -0.345 e. The lowest BCUT2D eigenvalue weighted by molar-refractivity contribution is 0.103. The van der Waals surface area contributed by atoms with Crippen LogP contribution in [-0.2, 0) is 10.2 Å². The van der Waals surface area contributed by atoms with Crippen molar-refractivity contribution in [3.63, 3.8) is 0 Å². The SMILES string of the molecule is Cc1ncc(-c2cnc3[nH]cc(C(=O)c4c(F)ccc(NS(=O)(=O)N5CC[C@@H](F)C5)c4F)c3c2)c(F)n1. The highest BCUT2D eigenvalue weighted by Crippen LogP contribution is 2.30. The normalized spacial score (nSPS) is 16.4. The van der Waals surface area contributed by atoms with Crippen LogP contribution in [0.25, 0.3) is 22.2 Å². The van der Waals surface area contributed by atoms with Crippen LogP contribution in [0.5, 0.6) is 0 Å². The fourth-order valence-corrected chi connectivity index (χ4v) is 5.33. The summed E-state index contributed by atoms with van der Waals surface area (Å²) in [5.74, 6) is -4.38. The number of nitrogens with one attached hydrogen (secondary N) is 2. The molecule has 1 aliphatic rings. The molecule has 0 aliphatic carbocycles. The Kier molecular flexibility index (Phi) is 6.15. The third-order valence-corrected chi connectivity index (χ3v) is 7.43. The number of benzene rings is 1. The lowest BCUT2D eigenvalue weighted by Crippen LogP contribution is -2.34. The van der Waals surface area contributed by atoms with Crippen LogP contribution in [0.3, 0.4) is 0 Å². The Labute approximate surface area is 207 Å². The van der Waals surface area contributed by atoms with Crippen molar-refractivity contribution in [2.24, 2.45) is 0 Å². The van der Waals surface area contributed by atoms with E-state index in [0.29, 0.717) is 0 Å². The number of rotatable bonds is 6. The average Bonchev–Trinajstić information content (AvgIpc) is 3.47. The molecule has 0 unspecified atom stereocenters. The topological polar surface area (TPSA) is 121 Å². The number of anilines is 1. The van der Waals surface area contributed by atoms with Crippen LogP contribution in [-0.4, -0.2) is 57.7 Å². The molecular weight excluding hydrogens is 516 g/mol. The molecule has 0 saturated carbocycles. The molecule has 5 rings (SSSR count). The molecule has 1 fully saturated rings. The monoisotopic (exact) mass is 534 g/mol. The van der Waals surface area contributed by atoms with Gasteiger partial charge < -0.3 is 4.98 Å². The van der Waals surface area contributed by atoms with Gasteiger partial charge in [0.1, 0.15) is 23.5 Å². The zero-order valence-corrected chi connectivity index (χ0v) is 19.9. The first-order chi connectivity index (χ1) is 17.5. The first-order valence-electron chi connectivity index (χ1n) is 11.0. The second kappa shape index (κ2) is 9.19. The van der Waals surface area contributed by atoms with E-state index in [4.69, 9.17) is 0 Å². The molecule has 14 heteroatoms. The van der Waals surface area contributed by atoms with Crippen LogP contribution in [0.15, 0.2) is 36.8 Å². The highest BCUT2D eigenvalue weighted by atomic mass is 32.2. The molecule has 4 heterocycles. The molecule has 0 radical (unpaired) electrons. The van der Waals surface area contributed by atoms with Crippen molar-refractivity contribution in [2.75, 3.05) is 17.8 Å². The summed E-state index contributed by atoms with van der Waals surface area (Å²) < 4.78 is 85.7. The van der Waals surface area contributed by atoms with Crippen molar-refractivity contribution < 1.29 is 30.8 Å². The van der Waals surface area contributed by atoms with Crippen LogP contribution in [0.4, 0.5) is 23.2 Å². The van der Waals surface area contributed by atoms with Gasteiger partial charge in [0.25, 0.3) is 0 Å². The number of pyridine rings is 1. The van der Waals surface area contributed by atoms with Gasteiger partial charge in [0.2, 0.25) is 11.7 Å². The minimum absolute atomic E-state index is 0.00537. The minimum atomic E-state index is -4.35. The fourth-order valence-electron chi connectivity index (χ4n) is 4.06. The maximum atomic E-state index is 15.3. The zero-order chi connectivity index (χ0) is 26.5. The van der Waals surface area contributed by atoms with E-state index in [-0.39, 0.29) is 46.5 Å². The second-order valence-corrected chi connectivity index (χ2v) is 10.1. The number of fused-ring (bicyclic) bond motifs is 1. The Balaban J connectivity index is 1.53. The van der Waals surface area contributed by atoms with E-state index in [1.807, 2.05) is 4.72 Å². The predicted molar refractivity (Wildman–Crippen MR) is 125 cm³/mol. The van der Waals surface area contributed by atoms with Crippen molar-refractivity contribution in [1.82, 2.24) is 24.2 Å². The molecule has 1 atom stereocenters. The number of ketones is 1. The lowest BCUT2D eigenvalue weighted by Gasteiger charge is -2.18. The molecule has 2 N–H and O–H groups in total. The number of H-pyrrole nitrogens is 1. The number of halogens is 4. The van der Waals surface area contributed by atoms with Gasteiger partial charge in [-0.3, -0.25) is 9.52 Å². The summed E-state index contributed by atoms with van der Waals surface area (Å²) in [6, 6.07) is 2.97. The number of aromatic amines is 1. The third-order valence-electron chi connectivity index (χ3n) is 5.94. The predicted octanol–water partition coefficient (Wildman–Crippen LogP) is 3.68. The highest BCUT2D eigenvalue weighted by Gasteiger charge is 2.33. The number of hydrogen-bond donors (Lipinski definition) is 2. The molecule has 0 amide bonds. The third kappa shape index (κ3) is 4.53. The molecule has 37 heavy (non-hydrogen) atoms. The van der Waals surface area contributed by atoms with E-state index in [1.54, 1.807) is 0 Å². The molecule has 3 aromatic heterocycles. The quantitative estimate of drug-likeness (QED) is 0.221. The van der Waals surface area contributed by atoms with Gasteiger partial charge in [-0.2, -0.15) is 17.1 Å². The van der Waals surface area contributed by atoms with Crippen molar-refractivity contribution in [2.45, 2.75) is 19.5 Å². The van der Waals surface area contributed by atoms with E-state index < -0.39 is 57.5 Å². The van der Waals surface area contributed by atoms with Crippen LogP contribution in [0.2, 0.25) is 0 Å². The molecule has 192 valence electrons. The van der Waals surface area contributed by atoms with E-state index in [9.17, 15) is 26.4 Å². The summed E-state index contributed by atoms with van der Waals surface area (Å²) in [6.45, 7) is 1.00. The van der Waals surface area contributed by atoms with Crippen molar-refractivity contribution in [3.8, 4) is 11.1 Å².